The lowest BCUT2D eigenvalue weighted by Crippen LogP contribution is -2.56. The third-order valence-electron chi connectivity index (χ3n) is 8.85. The second kappa shape index (κ2) is 6.27. The zero-order valence-corrected chi connectivity index (χ0v) is 17.3. The number of rotatable bonds is 1. The first kappa shape index (κ1) is 18.6. The normalized spacial score (nSPS) is 47.5. The monoisotopic (exact) mass is 379 g/mol. The average molecular weight is 380 g/mol. The highest BCUT2D eigenvalue weighted by Crippen LogP contribution is 2.66. The molecule has 0 radical (unpaired) electrons. The molecule has 1 aromatic rings. The van der Waals surface area contributed by atoms with Gasteiger partial charge in [0.1, 0.15) is 0 Å². The van der Waals surface area contributed by atoms with Gasteiger partial charge in [-0.05, 0) is 74.3 Å². The number of nitrogens with zero attached hydrogens (tertiary/aromatic N) is 1. The number of fused-ring (bicyclic) bond motifs is 5. The molecule has 2 fully saturated rings. The molecule has 0 amide bonds. The van der Waals surface area contributed by atoms with E-state index in [-0.39, 0.29) is 22.9 Å². The predicted octanol–water partition coefficient (Wildman–Crippen LogP) is 4.63. The Morgan fingerprint density at radius 1 is 1.11 bits per heavy atom. The summed E-state index contributed by atoms with van der Waals surface area (Å²) in [7, 11) is 0. The van der Waals surface area contributed by atoms with Crippen molar-refractivity contribution in [2.45, 2.75) is 71.0 Å². The number of pyridine rings is 1. The minimum absolute atomic E-state index is 0.0324. The number of allylic oxidation sites excluding steroid dienone is 2. The zero-order chi connectivity index (χ0) is 19.7. The molecule has 3 heteroatoms. The molecule has 0 saturated heterocycles. The maximum Gasteiger partial charge on any atom is 0.0757 e. The molecular formula is C25H33NO2. The maximum absolute atomic E-state index is 11.3. The Morgan fingerprint density at radius 2 is 1.93 bits per heavy atom. The Morgan fingerprint density at radius 3 is 2.68 bits per heavy atom. The van der Waals surface area contributed by atoms with Gasteiger partial charge in [-0.25, -0.2) is 0 Å². The molecule has 4 aliphatic carbocycles. The van der Waals surface area contributed by atoms with Crippen LogP contribution in [0.4, 0.5) is 0 Å². The Labute approximate surface area is 168 Å². The molecule has 0 aromatic carbocycles. The van der Waals surface area contributed by atoms with Crippen LogP contribution < -0.4 is 0 Å². The molecule has 2 saturated carbocycles. The van der Waals surface area contributed by atoms with Crippen molar-refractivity contribution in [3.05, 3.63) is 53.4 Å². The lowest BCUT2D eigenvalue weighted by Gasteiger charge is -2.60. The van der Waals surface area contributed by atoms with Crippen molar-refractivity contribution in [1.29, 1.82) is 0 Å². The first-order valence-electron chi connectivity index (χ1n) is 11.0. The third kappa shape index (κ3) is 2.52. The van der Waals surface area contributed by atoms with E-state index in [0.29, 0.717) is 24.2 Å². The SMILES string of the molecule is CC1=C[C@@]2(C)CC[C@H]3[C@@H]([C@@H](O)C=C4CC(O)CC(c5ccccn5)[C@@]43C)[C@@H]2C1. The molecule has 5 rings (SSSR count). The molecule has 2 N–H and O–H groups in total. The summed E-state index contributed by atoms with van der Waals surface area (Å²) in [5, 5.41) is 21.9. The second-order valence-electron chi connectivity index (χ2n) is 10.4. The highest BCUT2D eigenvalue weighted by atomic mass is 16.3. The standard InChI is InChI=1S/C25H33NO2/c1-15-10-20-23-18(7-8-24(20,2)14-15)25(3)16(12-22(23)28)11-17(27)13-19(25)21-6-4-5-9-26-21/h4-6,9,12,14,17-20,22-23,27-28H,7-8,10-11,13H2,1-3H3/t17?,18-,19?,20-,22-,23+,24+,25-/m0/s1. The van der Waals surface area contributed by atoms with Gasteiger partial charge in [0.15, 0.2) is 0 Å². The first-order chi connectivity index (χ1) is 13.3. The van der Waals surface area contributed by atoms with Crippen molar-refractivity contribution in [3.8, 4) is 0 Å². The van der Waals surface area contributed by atoms with E-state index in [1.807, 2.05) is 12.3 Å². The largest absolute Gasteiger partial charge is 0.393 e. The fourth-order valence-electron chi connectivity index (χ4n) is 7.63. The van der Waals surface area contributed by atoms with Gasteiger partial charge < -0.3 is 10.2 Å². The minimum Gasteiger partial charge on any atom is -0.393 e. The van der Waals surface area contributed by atoms with E-state index in [0.717, 1.165) is 25.0 Å². The van der Waals surface area contributed by atoms with Gasteiger partial charge in [-0.2, -0.15) is 0 Å². The van der Waals surface area contributed by atoms with E-state index in [9.17, 15) is 10.2 Å². The van der Waals surface area contributed by atoms with Crippen LogP contribution in [0.3, 0.4) is 0 Å². The lowest BCUT2D eigenvalue weighted by molar-refractivity contribution is -0.0835. The Kier molecular flexibility index (Phi) is 4.16. The minimum atomic E-state index is -0.397. The number of hydrogen-bond donors (Lipinski definition) is 2. The Bertz CT molecular complexity index is 830. The van der Waals surface area contributed by atoms with Crippen molar-refractivity contribution < 1.29 is 10.2 Å². The van der Waals surface area contributed by atoms with Gasteiger partial charge >= 0.3 is 0 Å². The van der Waals surface area contributed by atoms with Crippen LogP contribution in [0.15, 0.2) is 47.7 Å². The van der Waals surface area contributed by atoms with Crippen molar-refractivity contribution in [2.24, 2.45) is 28.6 Å². The molecular weight excluding hydrogens is 346 g/mol. The van der Waals surface area contributed by atoms with Crippen LogP contribution in [0.25, 0.3) is 0 Å². The Balaban J connectivity index is 1.61. The van der Waals surface area contributed by atoms with Crippen LogP contribution in [-0.2, 0) is 0 Å². The number of aliphatic hydroxyl groups is 2. The van der Waals surface area contributed by atoms with Gasteiger partial charge in [0.05, 0.1) is 12.2 Å². The molecule has 0 spiro atoms. The van der Waals surface area contributed by atoms with Gasteiger partial charge in [0.2, 0.25) is 0 Å². The lowest BCUT2D eigenvalue weighted by atomic mass is 9.44. The van der Waals surface area contributed by atoms with Crippen LogP contribution >= 0.6 is 0 Å². The highest BCUT2D eigenvalue weighted by molar-refractivity contribution is 5.35. The van der Waals surface area contributed by atoms with Crippen LogP contribution in [-0.4, -0.2) is 27.4 Å². The van der Waals surface area contributed by atoms with Crippen molar-refractivity contribution >= 4 is 0 Å². The van der Waals surface area contributed by atoms with Gasteiger partial charge in [-0.15, -0.1) is 0 Å². The molecule has 150 valence electrons. The van der Waals surface area contributed by atoms with Crippen molar-refractivity contribution in [2.75, 3.05) is 0 Å². The van der Waals surface area contributed by atoms with E-state index in [4.69, 9.17) is 4.98 Å². The molecule has 2 unspecified atom stereocenters. The molecule has 1 aromatic heterocycles. The van der Waals surface area contributed by atoms with E-state index >= 15 is 0 Å². The molecule has 0 aliphatic heterocycles. The van der Waals surface area contributed by atoms with E-state index in [1.165, 1.54) is 17.6 Å². The molecule has 3 nitrogen and oxygen atoms in total. The van der Waals surface area contributed by atoms with Gasteiger partial charge in [-0.1, -0.05) is 43.2 Å². The maximum atomic E-state index is 11.3. The summed E-state index contributed by atoms with van der Waals surface area (Å²) in [5.41, 5.74) is 4.04. The molecule has 4 aliphatic rings. The number of aliphatic hydroxyl groups excluding tert-OH is 2. The number of aromatic nitrogens is 1. The summed E-state index contributed by atoms with van der Waals surface area (Å²) < 4.78 is 0. The average Bonchev–Trinajstić information content (AvgIpc) is 2.97. The Hall–Kier alpha value is -1.45. The van der Waals surface area contributed by atoms with Gasteiger partial charge in [-0.3, -0.25) is 4.98 Å². The third-order valence-corrected chi connectivity index (χ3v) is 8.85. The smallest absolute Gasteiger partial charge is 0.0757 e. The van der Waals surface area contributed by atoms with E-state index < -0.39 is 6.10 Å². The van der Waals surface area contributed by atoms with Crippen LogP contribution in [0.5, 0.6) is 0 Å². The second-order valence-corrected chi connectivity index (χ2v) is 10.4. The van der Waals surface area contributed by atoms with E-state index in [1.54, 1.807) is 0 Å². The summed E-state index contributed by atoms with van der Waals surface area (Å²) in [6, 6.07) is 6.15. The molecule has 8 atom stereocenters. The molecule has 0 bridgehead atoms. The van der Waals surface area contributed by atoms with Gasteiger partial charge in [0, 0.05) is 23.2 Å². The first-order valence-corrected chi connectivity index (χ1v) is 11.0. The summed E-state index contributed by atoms with van der Waals surface area (Å²) in [6.45, 7) is 7.06. The summed E-state index contributed by atoms with van der Waals surface area (Å²) in [6.07, 6.45) is 10.7. The summed E-state index contributed by atoms with van der Waals surface area (Å²) >= 11 is 0. The highest BCUT2D eigenvalue weighted by Gasteiger charge is 2.60. The van der Waals surface area contributed by atoms with Crippen LogP contribution in [0, 0.1) is 28.6 Å². The van der Waals surface area contributed by atoms with E-state index in [2.05, 4.69) is 45.1 Å². The fraction of sp³-hybridized carbons (Fsp3) is 0.640. The number of hydrogen-bond acceptors (Lipinski definition) is 3. The molecule has 28 heavy (non-hydrogen) atoms. The summed E-state index contributed by atoms with van der Waals surface area (Å²) in [4.78, 5) is 4.71. The van der Waals surface area contributed by atoms with Crippen molar-refractivity contribution in [3.63, 3.8) is 0 Å². The topological polar surface area (TPSA) is 53.4 Å². The van der Waals surface area contributed by atoms with Gasteiger partial charge in [0.25, 0.3) is 0 Å². The quantitative estimate of drug-likeness (QED) is 0.700. The van der Waals surface area contributed by atoms with Crippen LogP contribution in [0.1, 0.15) is 64.5 Å². The predicted molar refractivity (Wildman–Crippen MR) is 111 cm³/mol. The van der Waals surface area contributed by atoms with Crippen LogP contribution in [0.2, 0.25) is 0 Å². The summed E-state index contributed by atoms with van der Waals surface area (Å²) in [5.74, 6) is 1.47. The molecule has 1 heterocycles. The fourth-order valence-corrected chi connectivity index (χ4v) is 7.63. The van der Waals surface area contributed by atoms with Crippen molar-refractivity contribution in [1.82, 2.24) is 4.98 Å². The zero-order valence-electron chi connectivity index (χ0n) is 17.3.